The van der Waals surface area contributed by atoms with Crippen LogP contribution in [0, 0.1) is 13.1 Å². The van der Waals surface area contributed by atoms with Crippen LogP contribution in [0.5, 0.6) is 0 Å². The highest BCUT2D eigenvalue weighted by molar-refractivity contribution is 8.01. The Bertz CT molecular complexity index is 149. The van der Waals surface area contributed by atoms with Crippen molar-refractivity contribution in [3.63, 3.8) is 0 Å². The predicted octanol–water partition coefficient (Wildman–Crippen LogP) is 3.68. The van der Waals surface area contributed by atoms with Crippen molar-refractivity contribution >= 4 is 23.9 Å². The van der Waals surface area contributed by atoms with E-state index in [0.717, 1.165) is 24.3 Å². The molecule has 0 bridgehead atoms. The first kappa shape index (κ1) is 11.7. The molecule has 0 aromatic carbocycles. The van der Waals surface area contributed by atoms with Crippen molar-refractivity contribution in [2.45, 2.75) is 25.7 Å². The summed E-state index contributed by atoms with van der Waals surface area (Å²) < 4.78 is 6.41. The molecule has 66 valence electrons. The first-order chi connectivity index (χ1) is 5.91. The van der Waals surface area contributed by atoms with E-state index in [9.17, 15) is 0 Å². The quantitative estimate of drug-likeness (QED) is 0.352. The van der Waals surface area contributed by atoms with Crippen LogP contribution in [-0.2, 0) is 0 Å². The lowest BCUT2D eigenvalue weighted by Crippen LogP contribution is -1.81. The standard InChI is InChI=1S/C8H12N2S2/c1-9-11-7-5-3-4-6-8-12-10-2/h3-8H2. The van der Waals surface area contributed by atoms with E-state index in [4.69, 9.17) is 13.1 Å². The van der Waals surface area contributed by atoms with E-state index in [2.05, 4.69) is 8.50 Å². The Morgan fingerprint density at radius 1 is 0.750 bits per heavy atom. The summed E-state index contributed by atoms with van der Waals surface area (Å²) in [7, 11) is 0. The SMILES string of the molecule is [C-]#[N+]SCCCCCCS[N+]#[C-]. The van der Waals surface area contributed by atoms with E-state index in [0.29, 0.717) is 0 Å². The molecule has 0 fully saturated rings. The second-order valence-electron chi connectivity index (χ2n) is 2.26. The highest BCUT2D eigenvalue weighted by atomic mass is 32.2. The zero-order chi connectivity index (χ0) is 9.07. The van der Waals surface area contributed by atoms with Gasteiger partial charge >= 0.3 is 0 Å². The van der Waals surface area contributed by atoms with Crippen molar-refractivity contribution < 1.29 is 0 Å². The summed E-state index contributed by atoms with van der Waals surface area (Å²) in [6.07, 6.45) is 4.66. The molecule has 0 aliphatic carbocycles. The normalized spacial score (nSPS) is 8.83. The minimum Gasteiger partial charge on any atom is -0.229 e. The third-order valence-electron chi connectivity index (χ3n) is 1.35. The zero-order valence-corrected chi connectivity index (χ0v) is 8.59. The molecule has 0 spiro atoms. The molecule has 0 radical (unpaired) electrons. The van der Waals surface area contributed by atoms with Gasteiger partial charge in [0.15, 0.2) is 0 Å². The van der Waals surface area contributed by atoms with Crippen molar-refractivity contribution in [3.8, 4) is 0 Å². The molecule has 4 heteroatoms. The van der Waals surface area contributed by atoms with Gasteiger partial charge in [0.1, 0.15) is 0 Å². The van der Waals surface area contributed by atoms with Gasteiger partial charge in [-0.05, 0) is 12.8 Å². The molecular formula is C8H12N2S2. The third kappa shape index (κ3) is 9.68. The molecule has 0 aromatic heterocycles. The number of hydrogen-bond donors (Lipinski definition) is 0. The Kier molecular flexibility index (Phi) is 10.4. The average molecular weight is 200 g/mol. The van der Waals surface area contributed by atoms with Crippen LogP contribution < -0.4 is 0 Å². The number of unbranched alkanes of at least 4 members (excludes halogenated alkanes) is 3. The number of nitrogens with zero attached hydrogens (tertiary/aromatic N) is 2. The first-order valence-electron chi connectivity index (χ1n) is 3.89. The Labute approximate surface area is 83.0 Å². The van der Waals surface area contributed by atoms with E-state index >= 15 is 0 Å². The molecule has 0 atom stereocenters. The van der Waals surface area contributed by atoms with Gasteiger partial charge < -0.3 is 0 Å². The van der Waals surface area contributed by atoms with Crippen LogP contribution in [0.15, 0.2) is 0 Å². The van der Waals surface area contributed by atoms with E-state index < -0.39 is 0 Å². The summed E-state index contributed by atoms with van der Waals surface area (Å²) in [6, 6.07) is 0. The van der Waals surface area contributed by atoms with Gasteiger partial charge in [0.25, 0.3) is 23.9 Å². The smallest absolute Gasteiger partial charge is 0.229 e. The maximum absolute atomic E-state index is 6.53. The maximum Gasteiger partial charge on any atom is 0.256 e. The highest BCUT2D eigenvalue weighted by Gasteiger charge is 1.95. The minimum atomic E-state index is 0.958. The zero-order valence-electron chi connectivity index (χ0n) is 6.95. The van der Waals surface area contributed by atoms with Crippen LogP contribution >= 0.6 is 23.9 Å². The van der Waals surface area contributed by atoms with Crippen LogP contribution in [0.3, 0.4) is 0 Å². The summed E-state index contributed by atoms with van der Waals surface area (Å²) in [6.45, 7) is 13.1. The lowest BCUT2D eigenvalue weighted by atomic mass is 10.2. The van der Waals surface area contributed by atoms with Gasteiger partial charge in [0.05, 0.1) is 11.5 Å². The molecule has 0 rings (SSSR count). The van der Waals surface area contributed by atoms with Crippen molar-refractivity contribution in [2.75, 3.05) is 11.5 Å². The largest absolute Gasteiger partial charge is 0.256 e. The van der Waals surface area contributed by atoms with Gasteiger partial charge in [0.2, 0.25) is 0 Å². The molecule has 0 saturated carbocycles. The van der Waals surface area contributed by atoms with Gasteiger partial charge in [-0.3, -0.25) is 0 Å². The van der Waals surface area contributed by atoms with Gasteiger partial charge in [-0.25, -0.2) is 21.6 Å². The fourth-order valence-corrected chi connectivity index (χ4v) is 1.63. The van der Waals surface area contributed by atoms with Crippen LogP contribution in [0.2, 0.25) is 0 Å². The number of hydrogen-bond acceptors (Lipinski definition) is 2. The predicted molar refractivity (Wildman–Crippen MR) is 56.6 cm³/mol. The van der Waals surface area contributed by atoms with Gasteiger partial charge in [-0.2, -0.15) is 0 Å². The fourth-order valence-electron chi connectivity index (χ4n) is 0.778. The molecule has 2 nitrogen and oxygen atoms in total. The monoisotopic (exact) mass is 200 g/mol. The summed E-state index contributed by atoms with van der Waals surface area (Å²) in [5.74, 6) is 1.92. The molecule has 12 heavy (non-hydrogen) atoms. The molecular weight excluding hydrogens is 188 g/mol. The van der Waals surface area contributed by atoms with Crippen molar-refractivity contribution in [1.82, 2.24) is 0 Å². The Balaban J connectivity index is 2.84. The lowest BCUT2D eigenvalue weighted by Gasteiger charge is -1.93. The van der Waals surface area contributed by atoms with Crippen LogP contribution in [0.25, 0.3) is 8.50 Å². The summed E-state index contributed by atoms with van der Waals surface area (Å²) in [5, 5.41) is 0. The van der Waals surface area contributed by atoms with E-state index in [1.165, 1.54) is 36.7 Å². The van der Waals surface area contributed by atoms with Gasteiger partial charge in [0, 0.05) is 0 Å². The topological polar surface area (TPSA) is 8.72 Å². The van der Waals surface area contributed by atoms with Crippen LogP contribution in [0.4, 0.5) is 0 Å². The van der Waals surface area contributed by atoms with Gasteiger partial charge in [-0.1, -0.05) is 12.8 Å². The Morgan fingerprint density at radius 3 is 1.50 bits per heavy atom. The van der Waals surface area contributed by atoms with Gasteiger partial charge in [-0.15, -0.1) is 0 Å². The summed E-state index contributed by atoms with van der Waals surface area (Å²) in [5.41, 5.74) is 0. The molecule has 0 heterocycles. The Hall–Kier alpha value is -0.320. The second kappa shape index (κ2) is 10.7. The van der Waals surface area contributed by atoms with Crippen LogP contribution in [0.1, 0.15) is 25.7 Å². The maximum atomic E-state index is 6.53. The van der Waals surface area contributed by atoms with Crippen molar-refractivity contribution in [2.24, 2.45) is 0 Å². The Morgan fingerprint density at radius 2 is 1.17 bits per heavy atom. The van der Waals surface area contributed by atoms with E-state index in [-0.39, 0.29) is 0 Å². The summed E-state index contributed by atoms with van der Waals surface area (Å²) in [4.78, 5) is 0. The molecule has 0 aliphatic rings. The molecule has 0 saturated heterocycles. The first-order valence-corrected chi connectivity index (χ1v) is 5.77. The molecule has 0 aliphatic heterocycles. The second-order valence-corrected chi connectivity index (χ2v) is 3.96. The molecule has 0 N–H and O–H groups in total. The highest BCUT2D eigenvalue weighted by Crippen LogP contribution is 2.10. The lowest BCUT2D eigenvalue weighted by molar-refractivity contribution is 0.712. The van der Waals surface area contributed by atoms with Crippen molar-refractivity contribution in [1.29, 1.82) is 0 Å². The minimum absolute atomic E-state index is 0.958. The van der Waals surface area contributed by atoms with Crippen molar-refractivity contribution in [3.05, 3.63) is 21.6 Å². The number of rotatable bonds is 7. The average Bonchev–Trinajstić information content (AvgIpc) is 2.10. The molecule has 0 unspecified atom stereocenters. The molecule has 0 aromatic rings. The third-order valence-corrected chi connectivity index (χ3v) is 2.55. The van der Waals surface area contributed by atoms with Crippen LogP contribution in [-0.4, -0.2) is 11.5 Å². The van der Waals surface area contributed by atoms with E-state index in [1.54, 1.807) is 0 Å². The van der Waals surface area contributed by atoms with E-state index in [1.807, 2.05) is 0 Å². The summed E-state index contributed by atoms with van der Waals surface area (Å²) >= 11 is 2.63. The fraction of sp³-hybridized carbons (Fsp3) is 0.750. The molecule has 0 amide bonds.